The zero-order valence-electron chi connectivity index (χ0n) is 11.5. The molecule has 114 valence electrons. The third-order valence-electron chi connectivity index (χ3n) is 3.32. The lowest BCUT2D eigenvalue weighted by molar-refractivity contribution is -0.385. The SMILES string of the molecule is COC(=O)C1COCCN1Cc1cc(F)ccc1[N+](=O)[O-]. The van der Waals surface area contributed by atoms with Crippen molar-refractivity contribution in [1.29, 1.82) is 0 Å². The number of carbonyl (C=O) groups excluding carboxylic acids is 1. The molecule has 1 aromatic carbocycles. The molecule has 0 saturated carbocycles. The van der Waals surface area contributed by atoms with Crippen molar-refractivity contribution in [1.82, 2.24) is 4.90 Å². The number of morpholine rings is 1. The molecule has 1 aromatic rings. The lowest BCUT2D eigenvalue weighted by atomic mass is 10.1. The molecule has 2 rings (SSSR count). The first-order valence-corrected chi connectivity index (χ1v) is 6.35. The zero-order valence-corrected chi connectivity index (χ0v) is 11.5. The summed E-state index contributed by atoms with van der Waals surface area (Å²) >= 11 is 0. The number of esters is 1. The Morgan fingerprint density at radius 2 is 2.38 bits per heavy atom. The third kappa shape index (κ3) is 3.53. The number of halogens is 1. The predicted molar refractivity (Wildman–Crippen MR) is 70.1 cm³/mol. The number of hydrogen-bond donors (Lipinski definition) is 0. The standard InChI is InChI=1S/C13H15FN2O5/c1-20-13(17)12-8-21-5-4-15(12)7-9-6-10(14)2-3-11(9)16(18)19/h2-3,6,12H,4-5,7-8H2,1H3. The highest BCUT2D eigenvalue weighted by Crippen LogP contribution is 2.23. The van der Waals surface area contributed by atoms with Crippen LogP contribution in [0.1, 0.15) is 5.56 Å². The predicted octanol–water partition coefficient (Wildman–Crippen LogP) is 1.11. The fraction of sp³-hybridized carbons (Fsp3) is 0.462. The minimum Gasteiger partial charge on any atom is -0.468 e. The van der Waals surface area contributed by atoms with Gasteiger partial charge in [0.1, 0.15) is 11.9 Å². The van der Waals surface area contributed by atoms with Gasteiger partial charge in [-0.3, -0.25) is 19.8 Å². The van der Waals surface area contributed by atoms with Gasteiger partial charge in [0.15, 0.2) is 0 Å². The molecule has 0 radical (unpaired) electrons. The number of rotatable bonds is 4. The number of methoxy groups -OCH3 is 1. The molecule has 1 atom stereocenters. The van der Waals surface area contributed by atoms with Gasteiger partial charge in [0.2, 0.25) is 0 Å². The minimum absolute atomic E-state index is 0.0806. The van der Waals surface area contributed by atoms with Gasteiger partial charge >= 0.3 is 5.97 Å². The summed E-state index contributed by atoms with van der Waals surface area (Å²) in [5, 5.41) is 11.0. The average Bonchev–Trinajstić information content (AvgIpc) is 2.47. The Balaban J connectivity index is 2.24. The summed E-state index contributed by atoms with van der Waals surface area (Å²) in [5.41, 5.74) is 0.0438. The molecule has 8 heteroatoms. The van der Waals surface area contributed by atoms with E-state index in [-0.39, 0.29) is 24.4 Å². The highest BCUT2D eigenvalue weighted by Gasteiger charge is 2.31. The van der Waals surface area contributed by atoms with Crippen LogP contribution in [0.25, 0.3) is 0 Å². The summed E-state index contributed by atoms with van der Waals surface area (Å²) in [4.78, 5) is 23.8. The van der Waals surface area contributed by atoms with E-state index in [1.165, 1.54) is 7.11 Å². The molecule has 0 aliphatic carbocycles. The lowest BCUT2D eigenvalue weighted by Gasteiger charge is -2.33. The molecule has 1 unspecified atom stereocenters. The van der Waals surface area contributed by atoms with Crippen LogP contribution in [0.2, 0.25) is 0 Å². The van der Waals surface area contributed by atoms with Gasteiger partial charge in [-0.05, 0) is 12.1 Å². The Hall–Kier alpha value is -2.06. The second kappa shape index (κ2) is 6.59. The van der Waals surface area contributed by atoms with E-state index < -0.39 is 22.8 Å². The number of hydrogen-bond acceptors (Lipinski definition) is 6. The first kappa shape index (κ1) is 15.3. The summed E-state index contributed by atoms with van der Waals surface area (Å²) in [6, 6.07) is 2.63. The summed E-state index contributed by atoms with van der Waals surface area (Å²) in [6.45, 7) is 1.04. The van der Waals surface area contributed by atoms with Crippen molar-refractivity contribution in [3.05, 3.63) is 39.7 Å². The van der Waals surface area contributed by atoms with Crippen LogP contribution >= 0.6 is 0 Å². The summed E-state index contributed by atoms with van der Waals surface area (Å²) in [5.74, 6) is -1.03. The van der Waals surface area contributed by atoms with Crippen molar-refractivity contribution in [3.8, 4) is 0 Å². The van der Waals surface area contributed by atoms with Crippen LogP contribution < -0.4 is 0 Å². The van der Waals surface area contributed by atoms with E-state index in [2.05, 4.69) is 0 Å². The molecular weight excluding hydrogens is 283 g/mol. The highest BCUT2D eigenvalue weighted by molar-refractivity contribution is 5.76. The van der Waals surface area contributed by atoms with Crippen LogP contribution in [0.15, 0.2) is 18.2 Å². The second-order valence-corrected chi connectivity index (χ2v) is 4.61. The smallest absolute Gasteiger partial charge is 0.325 e. The van der Waals surface area contributed by atoms with E-state index in [4.69, 9.17) is 9.47 Å². The molecule has 7 nitrogen and oxygen atoms in total. The van der Waals surface area contributed by atoms with Gasteiger partial charge in [0.05, 0.1) is 25.2 Å². The van der Waals surface area contributed by atoms with Crippen LogP contribution in [0.3, 0.4) is 0 Å². The van der Waals surface area contributed by atoms with Crippen molar-refractivity contribution in [2.75, 3.05) is 26.9 Å². The molecule has 0 bridgehead atoms. The van der Waals surface area contributed by atoms with E-state index in [1.54, 1.807) is 4.90 Å². The van der Waals surface area contributed by atoms with Gasteiger partial charge in [-0.15, -0.1) is 0 Å². The normalized spacial score (nSPS) is 19.2. The van der Waals surface area contributed by atoms with Crippen molar-refractivity contribution in [2.45, 2.75) is 12.6 Å². The molecular formula is C13H15FN2O5. The van der Waals surface area contributed by atoms with Gasteiger partial charge < -0.3 is 9.47 Å². The maximum atomic E-state index is 13.3. The Morgan fingerprint density at radius 3 is 3.05 bits per heavy atom. The van der Waals surface area contributed by atoms with Crippen molar-refractivity contribution >= 4 is 11.7 Å². The zero-order chi connectivity index (χ0) is 15.4. The summed E-state index contributed by atoms with van der Waals surface area (Å²) < 4.78 is 23.2. The number of nitro benzene ring substituents is 1. The summed E-state index contributed by atoms with van der Waals surface area (Å²) in [6.07, 6.45) is 0. The fourth-order valence-electron chi connectivity index (χ4n) is 2.26. The topological polar surface area (TPSA) is 81.9 Å². The van der Waals surface area contributed by atoms with Crippen molar-refractivity contribution in [3.63, 3.8) is 0 Å². The third-order valence-corrected chi connectivity index (χ3v) is 3.32. The highest BCUT2D eigenvalue weighted by atomic mass is 19.1. The van der Waals surface area contributed by atoms with E-state index >= 15 is 0 Å². The fourth-order valence-corrected chi connectivity index (χ4v) is 2.26. The van der Waals surface area contributed by atoms with Crippen LogP contribution in [0, 0.1) is 15.9 Å². The number of carbonyl (C=O) groups is 1. The number of nitro groups is 1. The molecule has 0 spiro atoms. The molecule has 1 aliphatic rings. The van der Waals surface area contributed by atoms with Crippen molar-refractivity contribution in [2.24, 2.45) is 0 Å². The number of benzene rings is 1. The Morgan fingerprint density at radius 1 is 1.62 bits per heavy atom. The quantitative estimate of drug-likeness (QED) is 0.470. The molecule has 1 heterocycles. The van der Waals surface area contributed by atoms with Crippen LogP contribution in [-0.4, -0.2) is 48.7 Å². The largest absolute Gasteiger partial charge is 0.468 e. The van der Waals surface area contributed by atoms with Gasteiger partial charge in [-0.1, -0.05) is 0 Å². The monoisotopic (exact) mass is 298 g/mol. The first-order chi connectivity index (χ1) is 10.0. The van der Waals surface area contributed by atoms with Crippen molar-refractivity contribution < 1.29 is 23.6 Å². The first-order valence-electron chi connectivity index (χ1n) is 6.35. The molecule has 21 heavy (non-hydrogen) atoms. The molecule has 1 saturated heterocycles. The van der Waals surface area contributed by atoms with E-state index in [9.17, 15) is 19.3 Å². The molecule has 0 N–H and O–H groups in total. The number of nitrogens with zero attached hydrogens (tertiary/aromatic N) is 2. The average molecular weight is 298 g/mol. The van der Waals surface area contributed by atoms with E-state index in [0.29, 0.717) is 13.2 Å². The van der Waals surface area contributed by atoms with Gasteiger partial charge in [-0.2, -0.15) is 0 Å². The molecule has 1 fully saturated rings. The van der Waals surface area contributed by atoms with E-state index in [1.807, 2.05) is 0 Å². The minimum atomic E-state index is -0.647. The Kier molecular flexibility index (Phi) is 4.81. The van der Waals surface area contributed by atoms with Crippen LogP contribution in [0.5, 0.6) is 0 Å². The maximum absolute atomic E-state index is 13.3. The van der Waals surface area contributed by atoms with Crippen LogP contribution in [-0.2, 0) is 20.8 Å². The maximum Gasteiger partial charge on any atom is 0.325 e. The summed E-state index contributed by atoms with van der Waals surface area (Å²) in [7, 11) is 1.26. The van der Waals surface area contributed by atoms with Crippen LogP contribution in [0.4, 0.5) is 10.1 Å². The Labute approximate surface area is 120 Å². The number of ether oxygens (including phenoxy) is 2. The second-order valence-electron chi connectivity index (χ2n) is 4.61. The molecule has 0 amide bonds. The van der Waals surface area contributed by atoms with Gasteiger partial charge in [0.25, 0.3) is 5.69 Å². The van der Waals surface area contributed by atoms with E-state index in [0.717, 1.165) is 18.2 Å². The lowest BCUT2D eigenvalue weighted by Crippen LogP contribution is -2.49. The molecule has 1 aliphatic heterocycles. The van der Waals surface area contributed by atoms with Gasteiger partial charge in [-0.25, -0.2) is 4.39 Å². The molecule has 0 aromatic heterocycles. The Bertz CT molecular complexity index is 551. The van der Waals surface area contributed by atoms with Gasteiger partial charge in [0, 0.05) is 24.7 Å².